The van der Waals surface area contributed by atoms with E-state index in [2.05, 4.69) is 10.6 Å². The van der Waals surface area contributed by atoms with E-state index in [0.717, 1.165) is 19.5 Å². The predicted molar refractivity (Wildman–Crippen MR) is 86.5 cm³/mol. The molecule has 0 radical (unpaired) electrons. The largest absolute Gasteiger partial charge is 0.459 e. The Labute approximate surface area is 134 Å². The number of benzene rings is 1. The first-order valence-corrected chi connectivity index (χ1v) is 7.58. The molecule has 0 bridgehead atoms. The van der Waals surface area contributed by atoms with Gasteiger partial charge in [0.15, 0.2) is 5.76 Å². The Hall–Kier alpha value is -2.60. The molecule has 0 saturated carbocycles. The highest BCUT2D eigenvalue weighted by Crippen LogP contribution is 2.16. The van der Waals surface area contributed by atoms with Crippen LogP contribution in [0.5, 0.6) is 0 Å². The molecule has 23 heavy (non-hydrogen) atoms. The first-order chi connectivity index (χ1) is 11.1. The molecule has 0 aliphatic carbocycles. The molecule has 1 fully saturated rings. The Morgan fingerprint density at radius 3 is 2.87 bits per heavy atom. The van der Waals surface area contributed by atoms with Crippen molar-refractivity contribution in [1.82, 2.24) is 10.2 Å². The average molecular weight is 313 g/mol. The summed E-state index contributed by atoms with van der Waals surface area (Å²) in [7, 11) is 1.81. The van der Waals surface area contributed by atoms with Crippen LogP contribution in [-0.4, -0.2) is 42.9 Å². The molecule has 120 valence electrons. The Balaban J connectivity index is 1.71. The molecule has 6 nitrogen and oxygen atoms in total. The molecule has 2 amide bonds. The lowest BCUT2D eigenvalue weighted by Gasteiger charge is -2.24. The van der Waals surface area contributed by atoms with Crippen molar-refractivity contribution in [2.75, 3.05) is 25.5 Å². The maximum absolute atomic E-state index is 12.6. The predicted octanol–water partition coefficient (Wildman–Crippen LogP) is 1.97. The number of carbonyl (C=O) groups is 2. The number of nitrogens with one attached hydrogen (secondary N) is 2. The molecule has 1 aromatic carbocycles. The van der Waals surface area contributed by atoms with Gasteiger partial charge in [0.05, 0.1) is 6.26 Å². The number of likely N-dealkylation sites (N-methyl/N-ethyl adjacent to an activating group) is 1. The van der Waals surface area contributed by atoms with E-state index in [0.29, 0.717) is 11.3 Å². The van der Waals surface area contributed by atoms with Gasteiger partial charge in [0.25, 0.3) is 11.8 Å². The van der Waals surface area contributed by atoms with Crippen LogP contribution in [0.3, 0.4) is 0 Å². The number of hydrogen-bond acceptors (Lipinski definition) is 4. The number of amides is 2. The summed E-state index contributed by atoms with van der Waals surface area (Å²) in [6.45, 7) is 1.75. The van der Waals surface area contributed by atoms with Gasteiger partial charge in [-0.3, -0.25) is 9.59 Å². The van der Waals surface area contributed by atoms with Gasteiger partial charge in [0.2, 0.25) is 0 Å². The van der Waals surface area contributed by atoms with E-state index in [1.165, 1.54) is 6.26 Å². The summed E-state index contributed by atoms with van der Waals surface area (Å²) in [5.41, 5.74) is 1.12. The second-order valence-corrected chi connectivity index (χ2v) is 5.57. The second kappa shape index (κ2) is 6.66. The zero-order valence-electron chi connectivity index (χ0n) is 12.9. The highest BCUT2D eigenvalue weighted by molar-refractivity contribution is 6.03. The minimum Gasteiger partial charge on any atom is -0.459 e. The number of rotatable bonds is 4. The summed E-state index contributed by atoms with van der Waals surface area (Å²) in [5, 5.41) is 5.98. The summed E-state index contributed by atoms with van der Waals surface area (Å²) >= 11 is 0. The minimum atomic E-state index is -0.340. The van der Waals surface area contributed by atoms with Crippen molar-refractivity contribution >= 4 is 17.5 Å². The second-order valence-electron chi connectivity index (χ2n) is 5.57. The van der Waals surface area contributed by atoms with Crippen LogP contribution in [0.25, 0.3) is 0 Å². The molecule has 6 heteroatoms. The van der Waals surface area contributed by atoms with Gasteiger partial charge in [-0.15, -0.1) is 0 Å². The Kier molecular flexibility index (Phi) is 4.43. The van der Waals surface area contributed by atoms with Crippen LogP contribution in [0.2, 0.25) is 0 Å². The quantitative estimate of drug-likeness (QED) is 0.905. The Bertz CT molecular complexity index is 691. The normalized spacial score (nSPS) is 17.0. The third-order valence-corrected chi connectivity index (χ3v) is 4.01. The SMILES string of the molecule is CN(C(=O)c1cccc(NC(=O)c2ccco2)c1)C1CCNC1. The highest BCUT2D eigenvalue weighted by Gasteiger charge is 2.24. The standard InChI is InChI=1S/C17H19N3O3/c1-20(14-7-8-18-11-14)17(22)12-4-2-5-13(10-12)19-16(21)15-6-3-9-23-15/h2-6,9-10,14,18H,7-8,11H2,1H3,(H,19,21). The number of furan rings is 1. The van der Waals surface area contributed by atoms with Crippen molar-refractivity contribution in [3.63, 3.8) is 0 Å². The van der Waals surface area contributed by atoms with Gasteiger partial charge in [-0.2, -0.15) is 0 Å². The maximum Gasteiger partial charge on any atom is 0.291 e. The van der Waals surface area contributed by atoms with Gasteiger partial charge >= 0.3 is 0 Å². The maximum atomic E-state index is 12.6. The third kappa shape index (κ3) is 3.43. The van der Waals surface area contributed by atoms with Crippen molar-refractivity contribution in [3.8, 4) is 0 Å². The van der Waals surface area contributed by atoms with E-state index < -0.39 is 0 Å². The van der Waals surface area contributed by atoms with Crippen LogP contribution in [0.15, 0.2) is 47.1 Å². The summed E-state index contributed by atoms with van der Waals surface area (Å²) in [6.07, 6.45) is 2.40. The summed E-state index contributed by atoms with van der Waals surface area (Å²) in [4.78, 5) is 26.3. The first-order valence-electron chi connectivity index (χ1n) is 7.58. The lowest BCUT2D eigenvalue weighted by molar-refractivity contribution is 0.0743. The van der Waals surface area contributed by atoms with Crippen molar-refractivity contribution in [2.45, 2.75) is 12.5 Å². The fraction of sp³-hybridized carbons (Fsp3) is 0.294. The smallest absolute Gasteiger partial charge is 0.291 e. The first kappa shape index (κ1) is 15.3. The molecule has 1 aliphatic rings. The van der Waals surface area contributed by atoms with Gasteiger partial charge in [0.1, 0.15) is 0 Å². The van der Waals surface area contributed by atoms with Gasteiger partial charge in [-0.25, -0.2) is 0 Å². The Morgan fingerprint density at radius 1 is 1.30 bits per heavy atom. The van der Waals surface area contributed by atoms with Gasteiger partial charge in [-0.1, -0.05) is 6.07 Å². The van der Waals surface area contributed by atoms with Crippen molar-refractivity contribution in [2.24, 2.45) is 0 Å². The molecule has 2 aromatic rings. The average Bonchev–Trinajstić information content (AvgIpc) is 3.26. The molecular formula is C17H19N3O3. The molecule has 2 heterocycles. The Morgan fingerprint density at radius 2 is 2.17 bits per heavy atom. The fourth-order valence-electron chi connectivity index (χ4n) is 2.67. The van der Waals surface area contributed by atoms with Crippen molar-refractivity contribution in [3.05, 3.63) is 54.0 Å². The van der Waals surface area contributed by atoms with Gasteiger partial charge in [-0.05, 0) is 43.3 Å². The van der Waals surface area contributed by atoms with Gasteiger partial charge < -0.3 is 20.0 Å². The molecule has 0 spiro atoms. The molecule has 3 rings (SSSR count). The monoisotopic (exact) mass is 313 g/mol. The zero-order valence-corrected chi connectivity index (χ0v) is 12.9. The lowest BCUT2D eigenvalue weighted by atomic mass is 10.1. The fourth-order valence-corrected chi connectivity index (χ4v) is 2.67. The van der Waals surface area contributed by atoms with E-state index in [1.54, 1.807) is 41.3 Å². The van der Waals surface area contributed by atoms with E-state index in [4.69, 9.17) is 4.42 Å². The highest BCUT2D eigenvalue weighted by atomic mass is 16.3. The van der Waals surface area contributed by atoms with Crippen LogP contribution in [0, 0.1) is 0 Å². The van der Waals surface area contributed by atoms with E-state index >= 15 is 0 Å². The topological polar surface area (TPSA) is 74.6 Å². The minimum absolute atomic E-state index is 0.0483. The van der Waals surface area contributed by atoms with Crippen LogP contribution < -0.4 is 10.6 Å². The van der Waals surface area contributed by atoms with E-state index in [9.17, 15) is 9.59 Å². The summed E-state index contributed by atoms with van der Waals surface area (Å²) < 4.78 is 5.06. The van der Waals surface area contributed by atoms with E-state index in [1.807, 2.05) is 7.05 Å². The van der Waals surface area contributed by atoms with Crippen LogP contribution in [0.1, 0.15) is 27.3 Å². The van der Waals surface area contributed by atoms with Crippen LogP contribution in [0.4, 0.5) is 5.69 Å². The molecule has 2 N–H and O–H groups in total. The lowest BCUT2D eigenvalue weighted by Crippen LogP contribution is -2.38. The van der Waals surface area contributed by atoms with Gasteiger partial charge in [0, 0.05) is 30.9 Å². The summed E-state index contributed by atoms with van der Waals surface area (Å²) in [5.74, 6) is -0.156. The number of nitrogens with zero attached hydrogens (tertiary/aromatic N) is 1. The van der Waals surface area contributed by atoms with Crippen LogP contribution in [-0.2, 0) is 0 Å². The zero-order chi connectivity index (χ0) is 16.2. The van der Waals surface area contributed by atoms with E-state index in [-0.39, 0.29) is 23.6 Å². The molecule has 1 unspecified atom stereocenters. The number of anilines is 1. The summed E-state index contributed by atoms with van der Waals surface area (Å²) in [6, 6.07) is 10.4. The molecule has 1 aromatic heterocycles. The molecule has 1 saturated heterocycles. The van der Waals surface area contributed by atoms with Crippen molar-refractivity contribution in [1.29, 1.82) is 0 Å². The van der Waals surface area contributed by atoms with Crippen molar-refractivity contribution < 1.29 is 14.0 Å². The third-order valence-electron chi connectivity index (χ3n) is 4.01. The number of hydrogen-bond donors (Lipinski definition) is 2. The molecular weight excluding hydrogens is 294 g/mol. The van der Waals surface area contributed by atoms with Crippen LogP contribution >= 0.6 is 0 Å². The number of carbonyl (C=O) groups excluding carboxylic acids is 2. The molecule has 1 aliphatic heterocycles. The molecule has 1 atom stereocenters.